The topological polar surface area (TPSA) is 84.7 Å². The van der Waals surface area contributed by atoms with Gasteiger partial charge in [-0.1, -0.05) is 32.5 Å². The number of H-pyrrole nitrogens is 1. The van der Waals surface area contributed by atoms with E-state index in [1.54, 1.807) is 0 Å². The van der Waals surface area contributed by atoms with Crippen molar-refractivity contribution in [1.82, 2.24) is 15.2 Å². The molecule has 0 spiro atoms. The van der Waals surface area contributed by atoms with Crippen LogP contribution in [-0.4, -0.2) is 26.7 Å². The van der Waals surface area contributed by atoms with Crippen molar-refractivity contribution in [2.45, 2.75) is 25.9 Å². The van der Waals surface area contributed by atoms with E-state index in [9.17, 15) is 4.79 Å². The Labute approximate surface area is 86.9 Å². The second-order valence-corrected chi connectivity index (χ2v) is 4.91. The summed E-state index contributed by atoms with van der Waals surface area (Å²) in [7, 11) is 0. The molecule has 1 aromatic rings. The lowest BCUT2D eigenvalue weighted by Crippen LogP contribution is -2.22. The maximum atomic E-state index is 11.5. The van der Waals surface area contributed by atoms with Crippen LogP contribution >= 0.6 is 11.8 Å². The molecule has 0 radical (unpaired) electrons. The molecule has 3 N–H and O–H groups in total. The fourth-order valence-electron chi connectivity index (χ4n) is 0.669. The van der Waals surface area contributed by atoms with Crippen molar-refractivity contribution in [2.75, 3.05) is 11.5 Å². The molecule has 0 aliphatic carbocycles. The minimum atomic E-state index is -0.311. The van der Waals surface area contributed by atoms with E-state index >= 15 is 0 Å². The maximum Gasteiger partial charge on any atom is 0.216 e. The summed E-state index contributed by atoms with van der Waals surface area (Å²) in [4.78, 5) is 15.4. The molecule has 0 saturated carbocycles. The number of nitrogens with zero attached hydrogens (tertiary/aromatic N) is 2. The third-order valence-corrected chi connectivity index (χ3v) is 2.50. The largest absolute Gasteiger partial charge is 0.368 e. The van der Waals surface area contributed by atoms with Gasteiger partial charge < -0.3 is 5.73 Å². The number of carbonyl (C=O) groups excluding carboxylic acids is 1. The zero-order valence-corrected chi connectivity index (χ0v) is 9.31. The number of hydrogen-bond donors (Lipinski definition) is 2. The number of carbonyl (C=O) groups is 1. The number of aromatic nitrogens is 3. The van der Waals surface area contributed by atoms with Crippen molar-refractivity contribution in [3.63, 3.8) is 0 Å². The molecule has 0 aromatic carbocycles. The average Bonchev–Trinajstić information content (AvgIpc) is 2.45. The fourth-order valence-corrected chi connectivity index (χ4v) is 1.64. The number of thioether (sulfide) groups is 1. The van der Waals surface area contributed by atoms with Crippen LogP contribution in [0.4, 0.5) is 5.95 Å². The van der Waals surface area contributed by atoms with E-state index in [-0.39, 0.29) is 17.1 Å². The van der Waals surface area contributed by atoms with Crippen molar-refractivity contribution < 1.29 is 4.79 Å². The van der Waals surface area contributed by atoms with E-state index in [0.717, 1.165) is 0 Å². The van der Waals surface area contributed by atoms with Gasteiger partial charge in [0, 0.05) is 5.41 Å². The summed E-state index contributed by atoms with van der Waals surface area (Å²) in [6, 6.07) is 0. The first kappa shape index (κ1) is 11.0. The van der Waals surface area contributed by atoms with Gasteiger partial charge in [-0.15, -0.1) is 5.10 Å². The van der Waals surface area contributed by atoms with Gasteiger partial charge in [0.25, 0.3) is 0 Å². The zero-order chi connectivity index (χ0) is 10.8. The Balaban J connectivity index is 2.46. The number of nitrogen functional groups attached to an aromatic ring is 1. The molecular weight excluding hydrogens is 200 g/mol. The van der Waals surface area contributed by atoms with Crippen molar-refractivity contribution in [3.05, 3.63) is 0 Å². The van der Waals surface area contributed by atoms with Gasteiger partial charge in [0.15, 0.2) is 0 Å². The predicted octanol–water partition coefficient (Wildman–Crippen LogP) is 1.09. The van der Waals surface area contributed by atoms with E-state index in [2.05, 4.69) is 15.2 Å². The number of hydrogen-bond acceptors (Lipinski definition) is 5. The van der Waals surface area contributed by atoms with Crippen LogP contribution in [0.2, 0.25) is 0 Å². The molecule has 6 heteroatoms. The highest BCUT2D eigenvalue weighted by Gasteiger charge is 2.21. The number of Topliss-reactive ketones (excluding diaryl/α,β-unsaturated/α-hetero) is 1. The summed E-state index contributed by atoms with van der Waals surface area (Å²) < 4.78 is 0. The molecule has 5 nitrogen and oxygen atoms in total. The van der Waals surface area contributed by atoms with Crippen LogP contribution in [0.5, 0.6) is 0 Å². The molecule has 78 valence electrons. The van der Waals surface area contributed by atoms with Crippen LogP contribution < -0.4 is 5.73 Å². The standard InChI is InChI=1S/C8H14N4OS/c1-8(2,3)5(13)4-14-7-10-6(9)11-12-7/h4H2,1-3H3,(H3,9,10,11,12). The highest BCUT2D eigenvalue weighted by molar-refractivity contribution is 7.99. The number of ketones is 1. The van der Waals surface area contributed by atoms with Gasteiger partial charge >= 0.3 is 0 Å². The first-order valence-corrected chi connectivity index (χ1v) is 5.22. The molecular formula is C8H14N4OS. The molecule has 0 fully saturated rings. The van der Waals surface area contributed by atoms with Crippen LogP contribution in [-0.2, 0) is 4.79 Å². The van der Waals surface area contributed by atoms with Crippen LogP contribution in [0.3, 0.4) is 0 Å². The van der Waals surface area contributed by atoms with Crippen molar-refractivity contribution in [2.24, 2.45) is 5.41 Å². The van der Waals surface area contributed by atoms with Gasteiger partial charge in [0.05, 0.1) is 5.75 Å². The van der Waals surface area contributed by atoms with E-state index in [1.165, 1.54) is 11.8 Å². The van der Waals surface area contributed by atoms with Gasteiger partial charge in [0.2, 0.25) is 11.1 Å². The van der Waals surface area contributed by atoms with E-state index in [1.807, 2.05) is 20.8 Å². The Hall–Kier alpha value is -1.04. The minimum Gasteiger partial charge on any atom is -0.368 e. The number of aromatic amines is 1. The quantitative estimate of drug-likeness (QED) is 0.736. The van der Waals surface area contributed by atoms with Crippen LogP contribution in [0, 0.1) is 5.41 Å². The summed E-state index contributed by atoms with van der Waals surface area (Å²) in [5, 5.41) is 6.85. The SMILES string of the molecule is CC(C)(C)C(=O)CSc1n[nH]c(N)n1. The highest BCUT2D eigenvalue weighted by atomic mass is 32.2. The number of anilines is 1. The van der Waals surface area contributed by atoms with Gasteiger partial charge in [-0.3, -0.25) is 4.79 Å². The molecule has 0 amide bonds. The fraction of sp³-hybridized carbons (Fsp3) is 0.625. The van der Waals surface area contributed by atoms with Crippen LogP contribution in [0.15, 0.2) is 5.16 Å². The first-order valence-electron chi connectivity index (χ1n) is 4.23. The summed E-state index contributed by atoms with van der Waals surface area (Å²) in [6.45, 7) is 5.67. The van der Waals surface area contributed by atoms with Crippen molar-refractivity contribution in [1.29, 1.82) is 0 Å². The number of rotatable bonds is 3. The monoisotopic (exact) mass is 214 g/mol. The lowest BCUT2D eigenvalue weighted by atomic mass is 9.92. The maximum absolute atomic E-state index is 11.5. The highest BCUT2D eigenvalue weighted by Crippen LogP contribution is 2.20. The Morgan fingerprint density at radius 3 is 2.64 bits per heavy atom. The van der Waals surface area contributed by atoms with Crippen LogP contribution in [0.1, 0.15) is 20.8 Å². The number of nitrogens with one attached hydrogen (secondary N) is 1. The van der Waals surface area contributed by atoms with Crippen molar-refractivity contribution in [3.8, 4) is 0 Å². The average molecular weight is 214 g/mol. The smallest absolute Gasteiger partial charge is 0.216 e. The second-order valence-electron chi connectivity index (χ2n) is 3.97. The lowest BCUT2D eigenvalue weighted by Gasteiger charge is -2.14. The molecule has 0 unspecified atom stereocenters. The Kier molecular flexibility index (Phi) is 3.15. The first-order chi connectivity index (χ1) is 6.39. The van der Waals surface area contributed by atoms with Gasteiger partial charge in [-0.2, -0.15) is 4.98 Å². The van der Waals surface area contributed by atoms with Gasteiger partial charge in [-0.05, 0) is 0 Å². The second kappa shape index (κ2) is 4.00. The zero-order valence-electron chi connectivity index (χ0n) is 8.50. The molecule has 1 aromatic heterocycles. The molecule has 0 aliphatic heterocycles. The Morgan fingerprint density at radius 2 is 2.21 bits per heavy atom. The van der Waals surface area contributed by atoms with Crippen LogP contribution in [0.25, 0.3) is 0 Å². The molecule has 14 heavy (non-hydrogen) atoms. The minimum absolute atomic E-state index is 0.172. The summed E-state index contributed by atoms with van der Waals surface area (Å²) in [5.74, 6) is 0.822. The summed E-state index contributed by atoms with van der Waals surface area (Å²) in [6.07, 6.45) is 0. The third kappa shape index (κ3) is 3.02. The summed E-state index contributed by atoms with van der Waals surface area (Å²) >= 11 is 1.29. The van der Waals surface area contributed by atoms with Crippen molar-refractivity contribution >= 4 is 23.5 Å². The molecule has 1 heterocycles. The molecule has 0 bridgehead atoms. The normalized spacial score (nSPS) is 11.6. The van der Waals surface area contributed by atoms with E-state index < -0.39 is 0 Å². The predicted molar refractivity (Wildman–Crippen MR) is 56.0 cm³/mol. The lowest BCUT2D eigenvalue weighted by molar-refractivity contribution is -0.123. The number of nitrogens with two attached hydrogens (primary N) is 1. The molecule has 1 rings (SSSR count). The van der Waals surface area contributed by atoms with E-state index in [4.69, 9.17) is 5.73 Å². The Bertz CT molecular complexity index is 328. The molecule has 0 aliphatic rings. The summed E-state index contributed by atoms with van der Waals surface area (Å²) in [5.41, 5.74) is 5.03. The third-order valence-electron chi connectivity index (χ3n) is 1.65. The molecule has 0 saturated heterocycles. The van der Waals surface area contributed by atoms with Gasteiger partial charge in [-0.25, -0.2) is 5.10 Å². The van der Waals surface area contributed by atoms with Gasteiger partial charge in [0.1, 0.15) is 5.78 Å². The Morgan fingerprint density at radius 1 is 1.57 bits per heavy atom. The van der Waals surface area contributed by atoms with E-state index in [0.29, 0.717) is 10.9 Å². The molecule has 0 atom stereocenters.